The molecule has 0 unspecified atom stereocenters. The minimum atomic E-state index is -0.318. The van der Waals surface area contributed by atoms with Crippen molar-refractivity contribution in [2.75, 3.05) is 19.6 Å². The number of nitrogens with one attached hydrogen (secondary N) is 2. The van der Waals surface area contributed by atoms with Gasteiger partial charge in [0.1, 0.15) is 5.82 Å². The number of halogens is 1. The van der Waals surface area contributed by atoms with Crippen LogP contribution in [0.4, 0.5) is 4.39 Å². The van der Waals surface area contributed by atoms with Crippen LogP contribution in [0.5, 0.6) is 0 Å². The zero-order chi connectivity index (χ0) is 21.8. The lowest BCUT2D eigenvalue weighted by Crippen LogP contribution is -2.54. The van der Waals surface area contributed by atoms with Crippen molar-refractivity contribution in [2.45, 2.75) is 44.7 Å². The Morgan fingerprint density at radius 3 is 2.65 bits per heavy atom. The van der Waals surface area contributed by atoms with Gasteiger partial charge in [-0.2, -0.15) is 0 Å². The van der Waals surface area contributed by atoms with E-state index in [0.717, 1.165) is 45.3 Å². The molecule has 2 N–H and O–H groups in total. The van der Waals surface area contributed by atoms with Crippen molar-refractivity contribution in [3.63, 3.8) is 0 Å². The van der Waals surface area contributed by atoms with Crippen molar-refractivity contribution >= 4 is 11.8 Å². The molecule has 31 heavy (non-hydrogen) atoms. The Morgan fingerprint density at radius 1 is 1.16 bits per heavy atom. The van der Waals surface area contributed by atoms with E-state index < -0.39 is 0 Å². The summed E-state index contributed by atoms with van der Waals surface area (Å²) in [5.41, 5.74) is 1.78. The monoisotopic (exact) mass is 424 g/mol. The first kappa shape index (κ1) is 21.4. The Kier molecular flexibility index (Phi) is 6.61. The standard InChI is InChI=1S/C24H29FN4O2/c1-16-14-26-11-12-29(16)24(31)17-5-8-21(9-6-17)28-23(30)19-7-10-22(27-15-19)18-3-2-4-20(25)13-18/h2-4,7,10,13,15-17,21,26H,5-6,8-9,11-12,14H2,1H3,(H,28,30)/t16-,17-,21-/m0/s1. The molecule has 1 saturated carbocycles. The van der Waals surface area contributed by atoms with Crippen LogP contribution in [0.3, 0.4) is 0 Å². The van der Waals surface area contributed by atoms with Gasteiger partial charge in [0, 0.05) is 49.4 Å². The molecule has 1 aromatic carbocycles. The van der Waals surface area contributed by atoms with Crippen molar-refractivity contribution in [1.29, 1.82) is 0 Å². The molecule has 1 atom stereocenters. The Hall–Kier alpha value is -2.80. The second kappa shape index (κ2) is 9.56. The summed E-state index contributed by atoms with van der Waals surface area (Å²) in [7, 11) is 0. The topological polar surface area (TPSA) is 74.3 Å². The number of hydrogen-bond acceptors (Lipinski definition) is 4. The highest BCUT2D eigenvalue weighted by molar-refractivity contribution is 5.94. The SMILES string of the molecule is C[C@H]1CNCCN1C(=O)[C@H]1CC[C@H](NC(=O)c2ccc(-c3cccc(F)c3)nc2)CC1. The van der Waals surface area contributed by atoms with Crippen LogP contribution in [-0.4, -0.2) is 53.4 Å². The second-order valence-corrected chi connectivity index (χ2v) is 8.55. The van der Waals surface area contributed by atoms with Crippen LogP contribution < -0.4 is 10.6 Å². The van der Waals surface area contributed by atoms with Gasteiger partial charge in [0.15, 0.2) is 0 Å². The minimum Gasteiger partial charge on any atom is -0.349 e. The molecule has 0 bridgehead atoms. The summed E-state index contributed by atoms with van der Waals surface area (Å²) in [6.07, 6.45) is 4.74. The number of rotatable bonds is 4. The Bertz CT molecular complexity index is 925. The number of benzene rings is 1. The molecule has 1 aromatic heterocycles. The van der Waals surface area contributed by atoms with Gasteiger partial charge in [-0.15, -0.1) is 0 Å². The molecule has 4 rings (SSSR count). The zero-order valence-corrected chi connectivity index (χ0v) is 17.8. The highest BCUT2D eigenvalue weighted by Gasteiger charge is 2.32. The number of amides is 2. The molecule has 1 aliphatic carbocycles. The quantitative estimate of drug-likeness (QED) is 0.791. The molecule has 0 spiro atoms. The molecule has 2 fully saturated rings. The summed E-state index contributed by atoms with van der Waals surface area (Å²) < 4.78 is 13.4. The van der Waals surface area contributed by atoms with Crippen LogP contribution >= 0.6 is 0 Å². The van der Waals surface area contributed by atoms with Crippen LogP contribution in [0.2, 0.25) is 0 Å². The third-order valence-electron chi connectivity index (χ3n) is 6.34. The first-order valence-electron chi connectivity index (χ1n) is 11.1. The predicted octanol–water partition coefficient (Wildman–Crippen LogP) is 3.00. The Balaban J connectivity index is 1.29. The molecule has 7 heteroatoms. The maximum atomic E-state index is 13.4. The number of aromatic nitrogens is 1. The Labute approximate surface area is 182 Å². The lowest BCUT2D eigenvalue weighted by Gasteiger charge is -2.38. The number of hydrogen-bond donors (Lipinski definition) is 2. The average Bonchev–Trinajstić information content (AvgIpc) is 2.79. The van der Waals surface area contributed by atoms with Gasteiger partial charge < -0.3 is 15.5 Å². The molecular weight excluding hydrogens is 395 g/mol. The molecule has 2 aliphatic rings. The van der Waals surface area contributed by atoms with Gasteiger partial charge in [0.25, 0.3) is 5.91 Å². The molecule has 6 nitrogen and oxygen atoms in total. The number of piperazine rings is 1. The van der Waals surface area contributed by atoms with E-state index in [2.05, 4.69) is 22.5 Å². The number of carbonyl (C=O) groups excluding carboxylic acids is 2. The van der Waals surface area contributed by atoms with E-state index in [-0.39, 0.29) is 35.6 Å². The lowest BCUT2D eigenvalue weighted by atomic mass is 9.84. The van der Waals surface area contributed by atoms with E-state index in [1.165, 1.54) is 18.3 Å². The fourth-order valence-corrected chi connectivity index (χ4v) is 4.50. The third kappa shape index (κ3) is 5.10. The van der Waals surface area contributed by atoms with E-state index in [9.17, 15) is 14.0 Å². The number of pyridine rings is 1. The molecule has 2 amide bonds. The summed E-state index contributed by atoms with van der Waals surface area (Å²) in [5, 5.41) is 6.40. The molecule has 2 heterocycles. The van der Waals surface area contributed by atoms with Gasteiger partial charge >= 0.3 is 0 Å². The van der Waals surface area contributed by atoms with Gasteiger partial charge in [0.05, 0.1) is 11.3 Å². The average molecular weight is 425 g/mol. The summed E-state index contributed by atoms with van der Waals surface area (Å²) in [4.78, 5) is 31.8. The Morgan fingerprint density at radius 2 is 1.97 bits per heavy atom. The predicted molar refractivity (Wildman–Crippen MR) is 117 cm³/mol. The van der Waals surface area contributed by atoms with E-state index >= 15 is 0 Å². The number of nitrogens with zero attached hydrogens (tertiary/aromatic N) is 2. The van der Waals surface area contributed by atoms with Gasteiger partial charge in [-0.1, -0.05) is 12.1 Å². The van der Waals surface area contributed by atoms with E-state index in [4.69, 9.17) is 0 Å². The fraction of sp³-hybridized carbons (Fsp3) is 0.458. The summed E-state index contributed by atoms with van der Waals surface area (Å²) in [6.45, 7) is 4.56. The first-order valence-corrected chi connectivity index (χ1v) is 11.1. The zero-order valence-electron chi connectivity index (χ0n) is 17.8. The van der Waals surface area contributed by atoms with Crippen molar-refractivity contribution in [1.82, 2.24) is 20.5 Å². The largest absolute Gasteiger partial charge is 0.349 e. The minimum absolute atomic E-state index is 0.0564. The van der Waals surface area contributed by atoms with Crippen LogP contribution in [0.15, 0.2) is 42.6 Å². The maximum absolute atomic E-state index is 13.4. The second-order valence-electron chi connectivity index (χ2n) is 8.55. The van der Waals surface area contributed by atoms with Crippen molar-refractivity contribution in [3.8, 4) is 11.3 Å². The van der Waals surface area contributed by atoms with Crippen molar-refractivity contribution in [2.24, 2.45) is 5.92 Å². The molecule has 1 aliphatic heterocycles. The van der Waals surface area contributed by atoms with Crippen molar-refractivity contribution < 1.29 is 14.0 Å². The number of carbonyl (C=O) groups is 2. The molecule has 0 radical (unpaired) electrons. The normalized spacial score (nSPS) is 23.9. The molecule has 2 aromatic rings. The maximum Gasteiger partial charge on any atom is 0.253 e. The van der Waals surface area contributed by atoms with Gasteiger partial charge in [0.2, 0.25) is 5.91 Å². The van der Waals surface area contributed by atoms with Gasteiger partial charge in [-0.3, -0.25) is 14.6 Å². The lowest BCUT2D eigenvalue weighted by molar-refractivity contribution is -0.139. The summed E-state index contributed by atoms with van der Waals surface area (Å²) in [5.74, 6) is -0.165. The summed E-state index contributed by atoms with van der Waals surface area (Å²) >= 11 is 0. The highest BCUT2D eigenvalue weighted by Crippen LogP contribution is 2.27. The fourth-order valence-electron chi connectivity index (χ4n) is 4.50. The van der Waals surface area contributed by atoms with Gasteiger partial charge in [-0.05, 0) is 56.9 Å². The first-order chi connectivity index (χ1) is 15.0. The molecule has 1 saturated heterocycles. The van der Waals surface area contributed by atoms with E-state index in [0.29, 0.717) is 16.8 Å². The van der Waals surface area contributed by atoms with E-state index in [1.54, 1.807) is 24.3 Å². The summed E-state index contributed by atoms with van der Waals surface area (Å²) in [6, 6.07) is 9.97. The molecule has 164 valence electrons. The molecular formula is C24H29FN4O2. The van der Waals surface area contributed by atoms with Crippen LogP contribution in [0.25, 0.3) is 11.3 Å². The smallest absolute Gasteiger partial charge is 0.253 e. The van der Waals surface area contributed by atoms with Crippen molar-refractivity contribution in [3.05, 3.63) is 54.0 Å². The van der Waals surface area contributed by atoms with E-state index in [1.807, 2.05) is 4.90 Å². The van der Waals surface area contributed by atoms with Gasteiger partial charge in [-0.25, -0.2) is 4.39 Å². The van der Waals surface area contributed by atoms with Crippen LogP contribution in [0.1, 0.15) is 43.0 Å². The van der Waals surface area contributed by atoms with Crippen LogP contribution in [-0.2, 0) is 4.79 Å². The highest BCUT2D eigenvalue weighted by atomic mass is 19.1. The third-order valence-corrected chi connectivity index (χ3v) is 6.34. The van der Waals surface area contributed by atoms with Crippen LogP contribution in [0, 0.1) is 11.7 Å².